The number of thioether (sulfide) groups is 2. The Labute approximate surface area is 257 Å². The lowest BCUT2D eigenvalue weighted by molar-refractivity contribution is -0.153. The van der Waals surface area contributed by atoms with Crippen LogP contribution in [0.2, 0.25) is 0 Å². The average molecular weight is 605 g/mol. The highest BCUT2D eigenvalue weighted by molar-refractivity contribution is 8.05. The van der Waals surface area contributed by atoms with Crippen molar-refractivity contribution in [3.63, 3.8) is 0 Å². The third kappa shape index (κ3) is 4.64. The summed E-state index contributed by atoms with van der Waals surface area (Å²) < 4.78 is -1.70. The first-order valence-electron chi connectivity index (χ1n) is 15.5. The Morgan fingerprint density at radius 1 is 0.738 bits per heavy atom. The molecule has 0 radical (unpaired) electrons. The Balaban J connectivity index is 1.35. The molecule has 1 aromatic rings. The fourth-order valence-electron chi connectivity index (χ4n) is 8.21. The monoisotopic (exact) mass is 604 g/mol. The van der Waals surface area contributed by atoms with Crippen LogP contribution in [0.4, 0.5) is 0 Å². The van der Waals surface area contributed by atoms with Crippen molar-refractivity contribution in [1.82, 2.24) is 9.80 Å². The van der Waals surface area contributed by atoms with Crippen molar-refractivity contribution in [3.8, 4) is 0 Å². The molecule has 6 rings (SSSR count). The van der Waals surface area contributed by atoms with E-state index in [1.165, 1.54) is 33.3 Å². The SMILES string of the molecule is C=C/C=C(\C=C)SC12CCCCC1C(=O)N(C1CCCCC1N1C(=O)C3CCCCC3(Sc3ccccc3)C1=O)C2=O. The fourth-order valence-corrected chi connectivity index (χ4v) is 11.2. The van der Waals surface area contributed by atoms with Gasteiger partial charge < -0.3 is 0 Å². The molecule has 2 heterocycles. The van der Waals surface area contributed by atoms with Crippen molar-refractivity contribution in [2.75, 3.05) is 0 Å². The second-order valence-corrected chi connectivity index (χ2v) is 15.2. The highest BCUT2D eigenvalue weighted by Crippen LogP contribution is 2.56. The van der Waals surface area contributed by atoms with Gasteiger partial charge in [0.05, 0.1) is 23.9 Å². The van der Waals surface area contributed by atoms with E-state index >= 15 is 0 Å². The maximum atomic E-state index is 14.5. The van der Waals surface area contributed by atoms with Gasteiger partial charge in [-0.25, -0.2) is 0 Å². The lowest BCUT2D eigenvalue weighted by Crippen LogP contribution is -2.58. The number of carbonyl (C=O) groups excluding carboxylic acids is 4. The van der Waals surface area contributed by atoms with Crippen LogP contribution in [0.3, 0.4) is 0 Å². The molecule has 1 aromatic carbocycles. The predicted octanol–water partition coefficient (Wildman–Crippen LogP) is 6.67. The maximum absolute atomic E-state index is 14.5. The predicted molar refractivity (Wildman–Crippen MR) is 167 cm³/mol. The molecule has 5 fully saturated rings. The number of imide groups is 2. The summed E-state index contributed by atoms with van der Waals surface area (Å²) in [6.07, 6.45) is 14.5. The summed E-state index contributed by atoms with van der Waals surface area (Å²) in [7, 11) is 0. The summed E-state index contributed by atoms with van der Waals surface area (Å²) in [5, 5.41) is 0. The molecule has 0 bridgehead atoms. The summed E-state index contributed by atoms with van der Waals surface area (Å²) in [6.45, 7) is 7.74. The van der Waals surface area contributed by atoms with E-state index in [0.717, 1.165) is 48.3 Å². The summed E-state index contributed by atoms with van der Waals surface area (Å²) in [4.78, 5) is 62.3. The third-order valence-corrected chi connectivity index (χ3v) is 13.2. The lowest BCUT2D eigenvalue weighted by Gasteiger charge is -2.42. The van der Waals surface area contributed by atoms with E-state index in [1.54, 1.807) is 12.2 Å². The van der Waals surface area contributed by atoms with Crippen LogP contribution in [0, 0.1) is 11.8 Å². The Hall–Kier alpha value is -2.58. The van der Waals surface area contributed by atoms with Crippen molar-refractivity contribution >= 4 is 47.2 Å². The van der Waals surface area contributed by atoms with Crippen LogP contribution in [-0.2, 0) is 19.2 Å². The van der Waals surface area contributed by atoms with Gasteiger partial charge in [-0.2, -0.15) is 0 Å². The summed E-state index contributed by atoms with van der Waals surface area (Å²) in [6, 6.07) is 8.94. The third-order valence-electron chi connectivity index (χ3n) is 10.1. The van der Waals surface area contributed by atoms with Gasteiger partial charge in [-0.05, 0) is 56.7 Å². The largest absolute Gasteiger partial charge is 0.276 e. The first-order chi connectivity index (χ1) is 20.4. The number of rotatable bonds is 8. The molecule has 4 amide bonds. The molecule has 6 atom stereocenters. The van der Waals surface area contributed by atoms with E-state index in [1.807, 2.05) is 36.4 Å². The van der Waals surface area contributed by atoms with E-state index in [-0.39, 0.29) is 29.5 Å². The minimum Gasteiger partial charge on any atom is -0.276 e. The molecule has 0 spiro atoms. The molecular weight excluding hydrogens is 565 g/mol. The van der Waals surface area contributed by atoms with Crippen LogP contribution in [0.5, 0.6) is 0 Å². The second-order valence-electron chi connectivity index (χ2n) is 12.3. The van der Waals surface area contributed by atoms with Gasteiger partial charge in [0.25, 0.3) is 0 Å². The van der Waals surface area contributed by atoms with Crippen LogP contribution in [0.1, 0.15) is 77.0 Å². The van der Waals surface area contributed by atoms with Gasteiger partial charge >= 0.3 is 0 Å². The number of hydrogen-bond donors (Lipinski definition) is 0. The minimum atomic E-state index is -0.877. The van der Waals surface area contributed by atoms with Gasteiger partial charge in [-0.3, -0.25) is 29.0 Å². The Morgan fingerprint density at radius 3 is 1.83 bits per heavy atom. The molecule has 222 valence electrons. The van der Waals surface area contributed by atoms with E-state index < -0.39 is 27.5 Å². The number of benzene rings is 1. The standard InChI is InChI=1S/C34H40N2O4S2/c1-3-14-23(4-2)41-33-21-12-10-17-25(33)29(37)35(31(33)39)27-19-8-9-20-28(27)36-30(38)26-18-11-13-22-34(26,32(36)40)42-24-15-6-5-7-16-24/h3-7,14-16,25-28H,1-2,8-13,17-22H2/b23-14+. The molecule has 6 unspecified atom stereocenters. The molecule has 0 N–H and O–H groups in total. The Kier molecular flexibility index (Phi) is 8.31. The van der Waals surface area contributed by atoms with Crippen molar-refractivity contribution in [2.24, 2.45) is 11.8 Å². The van der Waals surface area contributed by atoms with E-state index in [0.29, 0.717) is 38.5 Å². The van der Waals surface area contributed by atoms with Crippen LogP contribution < -0.4 is 0 Å². The maximum Gasteiger partial charge on any atom is 0.246 e. The number of carbonyl (C=O) groups is 4. The molecule has 3 aliphatic carbocycles. The summed E-state index contributed by atoms with van der Waals surface area (Å²) in [5.74, 6) is -1.29. The zero-order chi connectivity index (χ0) is 29.5. The molecule has 2 saturated heterocycles. The van der Waals surface area contributed by atoms with Crippen molar-refractivity contribution in [1.29, 1.82) is 0 Å². The molecule has 8 heteroatoms. The molecule has 5 aliphatic rings. The van der Waals surface area contributed by atoms with Crippen molar-refractivity contribution < 1.29 is 19.2 Å². The normalized spacial score (nSPS) is 35.3. The summed E-state index contributed by atoms with van der Waals surface area (Å²) >= 11 is 2.99. The molecular formula is C34H40N2O4S2. The number of fused-ring (bicyclic) bond motifs is 2. The van der Waals surface area contributed by atoms with Crippen molar-refractivity contribution in [2.45, 2.75) is 104 Å². The number of hydrogen-bond acceptors (Lipinski definition) is 6. The first-order valence-corrected chi connectivity index (χ1v) is 17.1. The zero-order valence-electron chi connectivity index (χ0n) is 24.2. The Morgan fingerprint density at radius 2 is 1.26 bits per heavy atom. The molecule has 0 aromatic heterocycles. The number of nitrogens with zero attached hydrogens (tertiary/aromatic N) is 2. The van der Waals surface area contributed by atoms with E-state index in [2.05, 4.69) is 13.2 Å². The highest BCUT2D eigenvalue weighted by Gasteiger charge is 2.66. The van der Waals surface area contributed by atoms with Crippen LogP contribution in [-0.4, -0.2) is 55.0 Å². The van der Waals surface area contributed by atoms with Crippen LogP contribution >= 0.6 is 23.5 Å². The summed E-state index contributed by atoms with van der Waals surface area (Å²) in [5.41, 5.74) is 0. The van der Waals surface area contributed by atoms with Gasteiger partial charge in [0.1, 0.15) is 9.49 Å². The van der Waals surface area contributed by atoms with Crippen LogP contribution in [0.25, 0.3) is 0 Å². The zero-order valence-corrected chi connectivity index (χ0v) is 25.8. The minimum absolute atomic E-state index is 0.108. The van der Waals surface area contributed by atoms with E-state index in [4.69, 9.17) is 0 Å². The average Bonchev–Trinajstić information content (AvgIpc) is 3.36. The molecule has 2 aliphatic heterocycles. The molecule has 3 saturated carbocycles. The number of allylic oxidation sites excluding steroid dienone is 3. The Bertz CT molecular complexity index is 1330. The number of likely N-dealkylation sites (tertiary alicyclic amines) is 2. The van der Waals surface area contributed by atoms with Crippen molar-refractivity contribution in [3.05, 3.63) is 66.6 Å². The topological polar surface area (TPSA) is 74.8 Å². The van der Waals surface area contributed by atoms with Crippen LogP contribution in [0.15, 0.2) is 71.5 Å². The molecule has 6 nitrogen and oxygen atoms in total. The van der Waals surface area contributed by atoms with Gasteiger partial charge in [0, 0.05) is 9.80 Å². The van der Waals surface area contributed by atoms with Gasteiger partial charge in [-0.1, -0.05) is 82.0 Å². The molecule has 42 heavy (non-hydrogen) atoms. The second kappa shape index (κ2) is 11.8. The van der Waals surface area contributed by atoms with Gasteiger partial charge in [0.15, 0.2) is 0 Å². The quantitative estimate of drug-likeness (QED) is 0.244. The number of amides is 4. The lowest BCUT2D eigenvalue weighted by atomic mass is 9.80. The highest BCUT2D eigenvalue weighted by atomic mass is 32.2. The van der Waals surface area contributed by atoms with Gasteiger partial charge in [-0.15, -0.1) is 23.5 Å². The fraction of sp³-hybridized carbons (Fsp3) is 0.529. The first kappa shape index (κ1) is 29.5. The van der Waals surface area contributed by atoms with Gasteiger partial charge in [0.2, 0.25) is 23.6 Å². The van der Waals surface area contributed by atoms with E-state index in [9.17, 15) is 19.2 Å². The smallest absolute Gasteiger partial charge is 0.246 e.